The summed E-state index contributed by atoms with van der Waals surface area (Å²) in [6, 6.07) is 0. The van der Waals surface area contributed by atoms with Crippen LogP contribution in [0.5, 0.6) is 0 Å². The van der Waals surface area contributed by atoms with E-state index in [2.05, 4.69) is 0 Å². The van der Waals surface area contributed by atoms with E-state index >= 15 is 0 Å². The molecule has 0 amide bonds. The van der Waals surface area contributed by atoms with Crippen molar-refractivity contribution in [1.82, 2.24) is 0 Å². The lowest BCUT2D eigenvalue weighted by Gasteiger charge is -1.81. The Morgan fingerprint density at radius 2 is 1.36 bits per heavy atom. The summed E-state index contributed by atoms with van der Waals surface area (Å²) in [6.07, 6.45) is 5.06. The molecule has 0 aromatic heterocycles. The smallest absolute Gasteiger partial charge is 0.110 e. The molecule has 0 atom stereocenters. The van der Waals surface area contributed by atoms with Crippen LogP contribution in [0.15, 0.2) is 24.0 Å². The van der Waals surface area contributed by atoms with Crippen LogP contribution in [0.1, 0.15) is 41.5 Å². The molecule has 0 aliphatic heterocycles. The van der Waals surface area contributed by atoms with Crippen molar-refractivity contribution in [2.45, 2.75) is 41.5 Å². The Hall–Kier alpha value is -0.720. The Labute approximate surface area is 71.5 Å². The molecule has 0 rings (SSSR count). The van der Waals surface area contributed by atoms with Gasteiger partial charge in [0.2, 0.25) is 0 Å². The summed E-state index contributed by atoms with van der Waals surface area (Å²) in [5.41, 5.74) is 0. The van der Waals surface area contributed by atoms with Crippen molar-refractivity contribution < 1.29 is 5.11 Å². The van der Waals surface area contributed by atoms with Crippen LogP contribution in [0.4, 0.5) is 0 Å². The molecule has 0 aliphatic carbocycles. The van der Waals surface area contributed by atoms with E-state index in [9.17, 15) is 0 Å². The van der Waals surface area contributed by atoms with Gasteiger partial charge >= 0.3 is 0 Å². The van der Waals surface area contributed by atoms with Crippen molar-refractivity contribution >= 4 is 0 Å². The first kappa shape index (κ1) is 16.7. The van der Waals surface area contributed by atoms with Gasteiger partial charge in [0.1, 0.15) is 5.76 Å². The maximum Gasteiger partial charge on any atom is 0.110 e. The summed E-state index contributed by atoms with van der Waals surface area (Å²) in [6.45, 7) is 11.6. The van der Waals surface area contributed by atoms with Gasteiger partial charge < -0.3 is 5.11 Å². The quantitative estimate of drug-likeness (QED) is 0.450. The molecule has 0 aromatic rings. The molecule has 0 unspecified atom stereocenters. The fraction of sp³-hybridized carbons (Fsp3) is 0.600. The highest BCUT2D eigenvalue weighted by atomic mass is 16.3. The molecule has 11 heavy (non-hydrogen) atoms. The number of rotatable bonds is 1. The minimum atomic E-state index is 0.322. The normalized spacial score (nSPS) is 9.45. The SMILES string of the molecule is C/C=C\C(O)=C/C.CC.CC. The Bertz CT molecular complexity index is 91.0. The Kier molecular flexibility index (Phi) is 34.7. The summed E-state index contributed by atoms with van der Waals surface area (Å²) >= 11 is 0. The topological polar surface area (TPSA) is 20.2 Å². The number of aliphatic hydroxyl groups is 1. The molecule has 0 spiro atoms. The molecule has 1 heteroatoms. The van der Waals surface area contributed by atoms with Gasteiger partial charge in [0.15, 0.2) is 0 Å². The van der Waals surface area contributed by atoms with Gasteiger partial charge in [-0.25, -0.2) is 0 Å². The first-order valence-corrected chi connectivity index (χ1v) is 4.29. The van der Waals surface area contributed by atoms with Crippen LogP contribution in [0, 0.1) is 0 Å². The number of allylic oxidation sites excluding steroid dienone is 3. The highest BCUT2D eigenvalue weighted by molar-refractivity contribution is 5.07. The van der Waals surface area contributed by atoms with Gasteiger partial charge in [-0.1, -0.05) is 33.8 Å². The average Bonchev–Trinajstić information content (AvgIpc) is 2.12. The molecule has 68 valence electrons. The Morgan fingerprint density at radius 3 is 1.45 bits per heavy atom. The van der Waals surface area contributed by atoms with Gasteiger partial charge in [-0.3, -0.25) is 0 Å². The molecular formula is C10H22O. The summed E-state index contributed by atoms with van der Waals surface area (Å²) < 4.78 is 0. The summed E-state index contributed by atoms with van der Waals surface area (Å²) in [4.78, 5) is 0. The van der Waals surface area contributed by atoms with Crippen LogP contribution < -0.4 is 0 Å². The molecule has 0 saturated carbocycles. The Balaban J connectivity index is -0.000000138. The van der Waals surface area contributed by atoms with Crippen LogP contribution in [-0.2, 0) is 0 Å². The summed E-state index contributed by atoms with van der Waals surface area (Å²) in [5, 5.41) is 8.63. The van der Waals surface area contributed by atoms with Gasteiger partial charge in [-0.15, -0.1) is 0 Å². The minimum Gasteiger partial charge on any atom is -0.508 e. The standard InChI is InChI=1S/C6H10O.2C2H6/c1-3-5-6(7)4-2;2*1-2/h3-5,7H,1-2H3;2*1-2H3/b5-3-,6-4+;;. The van der Waals surface area contributed by atoms with Crippen molar-refractivity contribution in [1.29, 1.82) is 0 Å². The predicted octanol–water partition coefficient (Wildman–Crippen LogP) is 4.08. The van der Waals surface area contributed by atoms with E-state index in [1.165, 1.54) is 0 Å². The molecule has 0 aromatic carbocycles. The first-order valence-electron chi connectivity index (χ1n) is 4.29. The van der Waals surface area contributed by atoms with Crippen molar-refractivity contribution in [3.63, 3.8) is 0 Å². The van der Waals surface area contributed by atoms with Crippen molar-refractivity contribution in [2.75, 3.05) is 0 Å². The van der Waals surface area contributed by atoms with E-state index in [1.54, 1.807) is 25.2 Å². The highest BCUT2D eigenvalue weighted by Gasteiger charge is 1.72. The molecule has 0 radical (unpaired) electrons. The van der Waals surface area contributed by atoms with Gasteiger partial charge in [-0.05, 0) is 26.0 Å². The predicted molar refractivity (Wildman–Crippen MR) is 53.9 cm³/mol. The van der Waals surface area contributed by atoms with Crippen molar-refractivity contribution in [3.8, 4) is 0 Å². The van der Waals surface area contributed by atoms with Crippen LogP contribution >= 0.6 is 0 Å². The zero-order chi connectivity index (χ0) is 9.70. The van der Waals surface area contributed by atoms with Crippen molar-refractivity contribution in [2.24, 2.45) is 0 Å². The van der Waals surface area contributed by atoms with Crippen LogP contribution in [0.25, 0.3) is 0 Å². The van der Waals surface area contributed by atoms with Gasteiger partial charge in [0, 0.05) is 0 Å². The van der Waals surface area contributed by atoms with E-state index in [0.29, 0.717) is 5.76 Å². The highest BCUT2D eigenvalue weighted by Crippen LogP contribution is 1.86. The van der Waals surface area contributed by atoms with E-state index in [-0.39, 0.29) is 0 Å². The molecule has 1 nitrogen and oxygen atoms in total. The fourth-order valence-corrected chi connectivity index (χ4v) is 0.267. The monoisotopic (exact) mass is 158 g/mol. The molecule has 0 fully saturated rings. The zero-order valence-corrected chi connectivity index (χ0v) is 8.68. The van der Waals surface area contributed by atoms with Gasteiger partial charge in [0.25, 0.3) is 0 Å². The second kappa shape index (κ2) is 22.8. The molecule has 1 N–H and O–H groups in total. The fourth-order valence-electron chi connectivity index (χ4n) is 0.267. The van der Waals surface area contributed by atoms with E-state index < -0.39 is 0 Å². The average molecular weight is 158 g/mol. The van der Waals surface area contributed by atoms with Crippen molar-refractivity contribution in [3.05, 3.63) is 24.0 Å². The van der Waals surface area contributed by atoms with Gasteiger partial charge in [-0.2, -0.15) is 0 Å². The van der Waals surface area contributed by atoms with Crippen LogP contribution in [-0.4, -0.2) is 5.11 Å². The third-order valence-electron chi connectivity index (χ3n) is 0.633. The van der Waals surface area contributed by atoms with E-state index in [4.69, 9.17) is 5.11 Å². The third-order valence-corrected chi connectivity index (χ3v) is 0.633. The lowest BCUT2D eigenvalue weighted by atomic mass is 10.4. The summed E-state index contributed by atoms with van der Waals surface area (Å²) in [7, 11) is 0. The van der Waals surface area contributed by atoms with E-state index in [1.807, 2.05) is 34.6 Å². The first-order chi connectivity index (χ1) is 5.31. The lowest BCUT2D eigenvalue weighted by Crippen LogP contribution is -1.67. The molecular weight excluding hydrogens is 136 g/mol. The zero-order valence-electron chi connectivity index (χ0n) is 8.68. The maximum absolute atomic E-state index is 8.63. The van der Waals surface area contributed by atoms with Crippen LogP contribution in [0.2, 0.25) is 0 Å². The second-order valence-electron chi connectivity index (χ2n) is 1.21. The molecule has 0 bridgehead atoms. The maximum atomic E-state index is 8.63. The molecule has 0 saturated heterocycles. The third kappa shape index (κ3) is 26.8. The van der Waals surface area contributed by atoms with Crippen LogP contribution in [0.3, 0.4) is 0 Å². The van der Waals surface area contributed by atoms with Gasteiger partial charge in [0.05, 0.1) is 0 Å². The summed E-state index contributed by atoms with van der Waals surface area (Å²) in [5.74, 6) is 0.322. The molecule has 0 aliphatic rings. The number of aliphatic hydroxyl groups excluding tert-OH is 1. The molecule has 0 heterocycles. The number of hydrogen-bond acceptors (Lipinski definition) is 1. The number of hydrogen-bond donors (Lipinski definition) is 1. The van der Waals surface area contributed by atoms with E-state index in [0.717, 1.165) is 0 Å². The Morgan fingerprint density at radius 1 is 1.00 bits per heavy atom. The second-order valence-corrected chi connectivity index (χ2v) is 1.21. The minimum absolute atomic E-state index is 0.322. The lowest BCUT2D eigenvalue weighted by molar-refractivity contribution is 0.431. The largest absolute Gasteiger partial charge is 0.508 e.